The third-order valence-electron chi connectivity index (χ3n) is 4.17. The van der Waals surface area contributed by atoms with E-state index in [1.165, 1.54) is 30.5 Å². The third-order valence-corrected chi connectivity index (χ3v) is 4.17. The molecule has 1 unspecified atom stereocenters. The Balaban J connectivity index is 2.07. The minimum absolute atomic E-state index is 0.0579. The molecule has 9 heteroatoms. The smallest absolute Gasteiger partial charge is 0.272 e. The fraction of sp³-hybridized carbons (Fsp3) is 0.250. The Bertz CT molecular complexity index is 959. The molecule has 8 nitrogen and oxygen atoms in total. The van der Waals surface area contributed by atoms with E-state index in [1.807, 2.05) is 0 Å². The normalized spacial score (nSPS) is 12.0. The van der Waals surface area contributed by atoms with Crippen LogP contribution in [0.2, 0.25) is 0 Å². The quantitative estimate of drug-likeness (QED) is 0.422. The van der Waals surface area contributed by atoms with Crippen LogP contribution in [-0.2, 0) is 4.79 Å². The van der Waals surface area contributed by atoms with E-state index in [-0.39, 0.29) is 17.2 Å². The van der Waals surface area contributed by atoms with Crippen LogP contribution in [0.4, 0.5) is 10.1 Å². The Labute approximate surface area is 167 Å². The average Bonchev–Trinajstić information content (AvgIpc) is 2.67. The Kier molecular flexibility index (Phi) is 7.13. The Morgan fingerprint density at radius 1 is 1.21 bits per heavy atom. The van der Waals surface area contributed by atoms with Gasteiger partial charge in [0.05, 0.1) is 16.7 Å². The van der Waals surface area contributed by atoms with E-state index < -0.39 is 28.6 Å². The molecule has 0 aliphatic heterocycles. The van der Waals surface area contributed by atoms with E-state index >= 15 is 0 Å². The van der Waals surface area contributed by atoms with Gasteiger partial charge in [-0.2, -0.15) is 5.10 Å². The zero-order valence-electron chi connectivity index (χ0n) is 16.2. The van der Waals surface area contributed by atoms with Crippen LogP contribution < -0.4 is 10.7 Å². The molecule has 0 radical (unpaired) electrons. The number of hydrazone groups is 1. The second-order valence-corrected chi connectivity index (χ2v) is 6.71. The summed E-state index contributed by atoms with van der Waals surface area (Å²) in [5, 5.41) is 17.3. The molecule has 2 amide bonds. The SMILES string of the molecule is Cc1ccc(C=NNC(=O)C(NC(=O)c2ccccc2F)C(C)C)cc1[N+](=O)[O-]. The first-order chi connectivity index (χ1) is 13.7. The number of carbonyl (C=O) groups excluding carboxylic acids is 2. The Morgan fingerprint density at radius 3 is 2.52 bits per heavy atom. The highest BCUT2D eigenvalue weighted by Crippen LogP contribution is 2.18. The molecule has 29 heavy (non-hydrogen) atoms. The van der Waals surface area contributed by atoms with Gasteiger partial charge in [-0.25, -0.2) is 9.82 Å². The topological polar surface area (TPSA) is 114 Å². The number of nitrogens with one attached hydrogen (secondary N) is 2. The molecule has 1 atom stereocenters. The average molecular weight is 400 g/mol. The van der Waals surface area contributed by atoms with Gasteiger partial charge in [-0.3, -0.25) is 19.7 Å². The van der Waals surface area contributed by atoms with Gasteiger partial charge in [-0.15, -0.1) is 0 Å². The first kappa shape index (κ1) is 21.7. The second kappa shape index (κ2) is 9.54. The van der Waals surface area contributed by atoms with Gasteiger partial charge in [0.25, 0.3) is 17.5 Å². The minimum atomic E-state index is -0.952. The van der Waals surface area contributed by atoms with Crippen LogP contribution in [0.25, 0.3) is 0 Å². The number of hydrogen-bond acceptors (Lipinski definition) is 5. The molecule has 0 aromatic heterocycles. The summed E-state index contributed by atoms with van der Waals surface area (Å²) in [7, 11) is 0. The van der Waals surface area contributed by atoms with Crippen molar-refractivity contribution in [3.05, 3.63) is 75.1 Å². The zero-order chi connectivity index (χ0) is 21.6. The van der Waals surface area contributed by atoms with Crippen molar-refractivity contribution in [3.8, 4) is 0 Å². The lowest BCUT2D eigenvalue weighted by atomic mass is 10.0. The predicted molar refractivity (Wildman–Crippen MR) is 106 cm³/mol. The molecule has 2 aromatic carbocycles. The molecule has 2 N–H and O–H groups in total. The number of amides is 2. The summed E-state index contributed by atoms with van der Waals surface area (Å²) in [5.74, 6) is -2.29. The highest BCUT2D eigenvalue weighted by atomic mass is 19.1. The van der Waals surface area contributed by atoms with Crippen LogP contribution in [0, 0.1) is 28.8 Å². The minimum Gasteiger partial charge on any atom is -0.340 e. The van der Waals surface area contributed by atoms with E-state index in [0.29, 0.717) is 11.1 Å². The van der Waals surface area contributed by atoms with Crippen molar-refractivity contribution in [1.82, 2.24) is 10.7 Å². The summed E-state index contributed by atoms with van der Waals surface area (Å²) >= 11 is 0. The molecule has 0 aliphatic rings. The summed E-state index contributed by atoms with van der Waals surface area (Å²) in [6, 6.07) is 9.05. The molecule has 0 fully saturated rings. The molecule has 2 aromatic rings. The standard InChI is InChI=1S/C20H21FN4O4/c1-12(2)18(23-19(26)15-6-4-5-7-16(15)21)20(27)24-22-11-14-9-8-13(3)17(10-14)25(28)29/h4-12,18H,1-3H3,(H,23,26)(H,24,27). The lowest BCUT2D eigenvalue weighted by Crippen LogP contribution is -2.48. The number of halogens is 1. The van der Waals surface area contributed by atoms with Crippen molar-refractivity contribution < 1.29 is 18.9 Å². The van der Waals surface area contributed by atoms with Crippen molar-refractivity contribution in [1.29, 1.82) is 0 Å². The number of benzene rings is 2. The molecule has 0 saturated carbocycles. The first-order valence-corrected chi connectivity index (χ1v) is 8.84. The van der Waals surface area contributed by atoms with Gasteiger partial charge in [0.1, 0.15) is 11.9 Å². The summed E-state index contributed by atoms with van der Waals surface area (Å²) in [6.45, 7) is 5.06. The van der Waals surface area contributed by atoms with Crippen LogP contribution in [0.5, 0.6) is 0 Å². The third kappa shape index (κ3) is 5.68. The largest absolute Gasteiger partial charge is 0.340 e. The second-order valence-electron chi connectivity index (χ2n) is 6.71. The number of nitro benzene ring substituents is 1. The molecule has 0 spiro atoms. The van der Waals surface area contributed by atoms with Gasteiger partial charge in [0, 0.05) is 17.2 Å². The van der Waals surface area contributed by atoms with E-state index in [9.17, 15) is 24.1 Å². The van der Waals surface area contributed by atoms with Crippen molar-refractivity contribution in [2.24, 2.45) is 11.0 Å². The van der Waals surface area contributed by atoms with E-state index in [0.717, 1.165) is 6.07 Å². The molecule has 152 valence electrons. The molecule has 0 aliphatic carbocycles. The van der Waals surface area contributed by atoms with Crippen LogP contribution in [0.15, 0.2) is 47.6 Å². The molecular formula is C20H21FN4O4. The highest BCUT2D eigenvalue weighted by Gasteiger charge is 2.25. The van der Waals surface area contributed by atoms with Crippen LogP contribution in [-0.4, -0.2) is 29.0 Å². The predicted octanol–water partition coefficient (Wildman–Crippen LogP) is 2.95. The van der Waals surface area contributed by atoms with Gasteiger partial charge in [-0.05, 0) is 25.0 Å². The summed E-state index contributed by atoms with van der Waals surface area (Å²) < 4.78 is 13.8. The fourth-order valence-corrected chi connectivity index (χ4v) is 2.54. The maximum atomic E-state index is 13.8. The molecule has 0 bridgehead atoms. The van der Waals surface area contributed by atoms with Crippen LogP contribution in [0.1, 0.15) is 35.3 Å². The zero-order valence-corrected chi connectivity index (χ0v) is 16.2. The molecule has 0 heterocycles. The monoisotopic (exact) mass is 400 g/mol. The molecular weight excluding hydrogens is 379 g/mol. The lowest BCUT2D eigenvalue weighted by molar-refractivity contribution is -0.385. The van der Waals surface area contributed by atoms with E-state index in [4.69, 9.17) is 0 Å². The summed E-state index contributed by atoms with van der Waals surface area (Å²) in [6.07, 6.45) is 1.26. The molecule has 0 saturated heterocycles. The number of carbonyl (C=O) groups is 2. The van der Waals surface area contributed by atoms with E-state index in [1.54, 1.807) is 32.9 Å². The van der Waals surface area contributed by atoms with Gasteiger partial charge in [-0.1, -0.05) is 38.1 Å². The van der Waals surface area contributed by atoms with Crippen molar-refractivity contribution >= 4 is 23.7 Å². The van der Waals surface area contributed by atoms with Crippen molar-refractivity contribution in [2.75, 3.05) is 0 Å². The van der Waals surface area contributed by atoms with Gasteiger partial charge in [0.2, 0.25) is 0 Å². The van der Waals surface area contributed by atoms with Crippen LogP contribution in [0.3, 0.4) is 0 Å². The number of aryl methyl sites for hydroxylation is 1. The van der Waals surface area contributed by atoms with E-state index in [2.05, 4.69) is 15.8 Å². The number of nitrogens with zero attached hydrogens (tertiary/aromatic N) is 2. The summed E-state index contributed by atoms with van der Waals surface area (Å²) in [5.41, 5.74) is 3.01. The highest BCUT2D eigenvalue weighted by molar-refractivity contribution is 5.98. The lowest BCUT2D eigenvalue weighted by Gasteiger charge is -2.20. The fourth-order valence-electron chi connectivity index (χ4n) is 2.54. The van der Waals surface area contributed by atoms with Gasteiger partial charge in [0.15, 0.2) is 0 Å². The van der Waals surface area contributed by atoms with Crippen LogP contribution >= 0.6 is 0 Å². The summed E-state index contributed by atoms with van der Waals surface area (Å²) in [4.78, 5) is 35.2. The number of rotatable bonds is 7. The Hall–Kier alpha value is -3.62. The maximum absolute atomic E-state index is 13.8. The number of nitro groups is 1. The van der Waals surface area contributed by atoms with Gasteiger partial charge >= 0.3 is 0 Å². The van der Waals surface area contributed by atoms with Crippen molar-refractivity contribution in [3.63, 3.8) is 0 Å². The number of hydrogen-bond donors (Lipinski definition) is 2. The Morgan fingerprint density at radius 2 is 1.90 bits per heavy atom. The molecule has 2 rings (SSSR count). The first-order valence-electron chi connectivity index (χ1n) is 8.84. The van der Waals surface area contributed by atoms with Gasteiger partial charge < -0.3 is 5.32 Å². The maximum Gasteiger partial charge on any atom is 0.272 e. The van der Waals surface area contributed by atoms with Crippen molar-refractivity contribution in [2.45, 2.75) is 26.8 Å².